The standard InChI is InChI=1S/C16H20N4O5.ClH/c17-10-12-3-1-7-18(12)15(21)4-2-8-19-13-6-5-11(20(23)24)9-14(13)25-16(19)22;/h5-6,9,12H,1-4,7-8,10,17H2;1H. The topological polar surface area (TPSA) is 125 Å². The molecule has 2 heterocycles. The predicted octanol–water partition coefficient (Wildman–Crippen LogP) is 1.65. The zero-order valence-corrected chi connectivity index (χ0v) is 14.9. The van der Waals surface area contributed by atoms with Crippen LogP contribution in [0.2, 0.25) is 0 Å². The van der Waals surface area contributed by atoms with Crippen molar-refractivity contribution < 1.29 is 14.1 Å². The summed E-state index contributed by atoms with van der Waals surface area (Å²) in [5.74, 6) is -0.534. The molecule has 0 spiro atoms. The van der Waals surface area contributed by atoms with Crippen molar-refractivity contribution in [3.8, 4) is 0 Å². The van der Waals surface area contributed by atoms with Crippen molar-refractivity contribution >= 4 is 35.1 Å². The van der Waals surface area contributed by atoms with Crippen LogP contribution in [0, 0.1) is 10.1 Å². The van der Waals surface area contributed by atoms with E-state index >= 15 is 0 Å². The van der Waals surface area contributed by atoms with Gasteiger partial charge in [-0.2, -0.15) is 0 Å². The van der Waals surface area contributed by atoms with Crippen molar-refractivity contribution in [3.05, 3.63) is 38.9 Å². The van der Waals surface area contributed by atoms with Gasteiger partial charge in [0.15, 0.2) is 5.58 Å². The van der Waals surface area contributed by atoms with Crippen LogP contribution in [0.15, 0.2) is 27.4 Å². The van der Waals surface area contributed by atoms with Crippen molar-refractivity contribution in [3.63, 3.8) is 0 Å². The number of aromatic nitrogens is 1. The van der Waals surface area contributed by atoms with E-state index in [1.54, 1.807) is 0 Å². The highest BCUT2D eigenvalue weighted by Gasteiger charge is 2.27. The molecule has 1 aliphatic rings. The molecule has 1 saturated heterocycles. The Morgan fingerprint density at radius 2 is 2.19 bits per heavy atom. The molecule has 1 fully saturated rings. The molecule has 26 heavy (non-hydrogen) atoms. The zero-order valence-electron chi connectivity index (χ0n) is 14.1. The highest BCUT2D eigenvalue weighted by Crippen LogP contribution is 2.21. The molecule has 1 amide bonds. The van der Waals surface area contributed by atoms with E-state index in [1.165, 1.54) is 22.8 Å². The fourth-order valence-electron chi connectivity index (χ4n) is 3.32. The first-order valence-electron chi connectivity index (χ1n) is 8.28. The summed E-state index contributed by atoms with van der Waals surface area (Å²) < 4.78 is 6.47. The molecule has 1 atom stereocenters. The molecule has 0 saturated carbocycles. The van der Waals surface area contributed by atoms with Gasteiger partial charge in [0.25, 0.3) is 5.69 Å². The van der Waals surface area contributed by atoms with Gasteiger partial charge in [0.05, 0.1) is 16.5 Å². The van der Waals surface area contributed by atoms with Gasteiger partial charge < -0.3 is 15.1 Å². The highest BCUT2D eigenvalue weighted by molar-refractivity contribution is 5.85. The van der Waals surface area contributed by atoms with E-state index < -0.39 is 10.7 Å². The average Bonchev–Trinajstić information content (AvgIpc) is 3.18. The summed E-state index contributed by atoms with van der Waals surface area (Å²) in [5, 5.41) is 10.8. The quantitative estimate of drug-likeness (QED) is 0.596. The molecule has 1 unspecified atom stereocenters. The summed E-state index contributed by atoms with van der Waals surface area (Å²) in [5.41, 5.74) is 6.21. The average molecular weight is 385 g/mol. The highest BCUT2D eigenvalue weighted by atomic mass is 35.5. The predicted molar refractivity (Wildman–Crippen MR) is 97.4 cm³/mol. The number of carbonyl (C=O) groups is 1. The van der Waals surface area contributed by atoms with Crippen molar-refractivity contribution in [2.75, 3.05) is 13.1 Å². The van der Waals surface area contributed by atoms with Gasteiger partial charge in [-0.3, -0.25) is 19.5 Å². The number of aryl methyl sites for hydroxylation is 1. The summed E-state index contributed by atoms with van der Waals surface area (Å²) in [6.45, 7) is 1.52. The Labute approximate surface area is 155 Å². The summed E-state index contributed by atoms with van der Waals surface area (Å²) in [7, 11) is 0. The van der Waals surface area contributed by atoms with Gasteiger partial charge in [-0.05, 0) is 25.3 Å². The molecular weight excluding hydrogens is 364 g/mol. The van der Waals surface area contributed by atoms with Crippen molar-refractivity contribution in [1.29, 1.82) is 0 Å². The second-order valence-electron chi connectivity index (χ2n) is 6.15. The molecule has 0 bridgehead atoms. The summed E-state index contributed by atoms with van der Waals surface area (Å²) in [6.07, 6.45) is 2.71. The van der Waals surface area contributed by atoms with Crippen LogP contribution in [-0.2, 0) is 11.3 Å². The lowest BCUT2D eigenvalue weighted by atomic mass is 10.2. The lowest BCUT2D eigenvalue weighted by molar-refractivity contribution is -0.384. The van der Waals surface area contributed by atoms with Crippen LogP contribution in [0.1, 0.15) is 25.7 Å². The number of fused-ring (bicyclic) bond motifs is 1. The first-order valence-corrected chi connectivity index (χ1v) is 8.28. The third-order valence-corrected chi connectivity index (χ3v) is 4.60. The maximum Gasteiger partial charge on any atom is 0.419 e. The number of halogens is 1. The van der Waals surface area contributed by atoms with Gasteiger partial charge in [-0.1, -0.05) is 0 Å². The lowest BCUT2D eigenvalue weighted by Crippen LogP contribution is -2.39. The molecule has 0 radical (unpaired) electrons. The molecule has 0 aliphatic carbocycles. The maximum absolute atomic E-state index is 12.3. The van der Waals surface area contributed by atoms with Crippen LogP contribution in [0.25, 0.3) is 11.1 Å². The van der Waals surface area contributed by atoms with E-state index in [0.717, 1.165) is 19.4 Å². The second-order valence-corrected chi connectivity index (χ2v) is 6.15. The van der Waals surface area contributed by atoms with Crippen LogP contribution in [-0.4, -0.2) is 39.4 Å². The molecule has 2 N–H and O–H groups in total. The third-order valence-electron chi connectivity index (χ3n) is 4.60. The smallest absolute Gasteiger partial charge is 0.407 e. The van der Waals surface area contributed by atoms with Gasteiger partial charge in [-0.15, -0.1) is 12.4 Å². The number of amides is 1. The van der Waals surface area contributed by atoms with Gasteiger partial charge in [-0.25, -0.2) is 4.79 Å². The minimum Gasteiger partial charge on any atom is -0.407 e. The van der Waals surface area contributed by atoms with Gasteiger partial charge in [0.2, 0.25) is 5.91 Å². The van der Waals surface area contributed by atoms with Crippen molar-refractivity contribution in [2.45, 2.75) is 38.3 Å². The Hall–Kier alpha value is -2.39. The molecular formula is C16H21ClN4O5. The summed E-state index contributed by atoms with van der Waals surface area (Å²) >= 11 is 0. The Kier molecular flexibility index (Phi) is 6.38. The fourth-order valence-corrected chi connectivity index (χ4v) is 3.32. The fraction of sp³-hybridized carbons (Fsp3) is 0.500. The van der Waals surface area contributed by atoms with Gasteiger partial charge in [0, 0.05) is 38.2 Å². The number of hydrogen-bond donors (Lipinski definition) is 1. The van der Waals surface area contributed by atoms with E-state index in [0.29, 0.717) is 31.4 Å². The zero-order chi connectivity index (χ0) is 18.0. The first kappa shape index (κ1) is 19.9. The Balaban J connectivity index is 0.00000243. The molecule has 1 aromatic carbocycles. The third kappa shape index (κ3) is 3.88. The molecule has 10 heteroatoms. The van der Waals surface area contributed by atoms with E-state index in [2.05, 4.69) is 0 Å². The van der Waals surface area contributed by atoms with E-state index in [1.807, 2.05) is 4.90 Å². The molecule has 142 valence electrons. The normalized spacial score (nSPS) is 16.7. The van der Waals surface area contributed by atoms with Crippen molar-refractivity contribution in [2.24, 2.45) is 5.73 Å². The van der Waals surface area contributed by atoms with Crippen molar-refractivity contribution in [1.82, 2.24) is 9.47 Å². The largest absolute Gasteiger partial charge is 0.419 e. The SMILES string of the molecule is Cl.NCC1CCCN1C(=O)CCCn1c(=O)oc2cc([N+](=O)[O-])ccc21. The molecule has 3 rings (SSSR count). The maximum atomic E-state index is 12.3. The number of nitro groups is 1. The number of nitrogens with two attached hydrogens (primary N) is 1. The molecule has 1 aromatic heterocycles. The van der Waals surface area contributed by atoms with Gasteiger partial charge in [0.1, 0.15) is 0 Å². The minimum absolute atomic E-state index is 0. The number of nitro benzene ring substituents is 1. The number of non-ortho nitro benzene ring substituents is 1. The number of hydrogen-bond acceptors (Lipinski definition) is 6. The molecule has 9 nitrogen and oxygen atoms in total. The van der Waals surface area contributed by atoms with Crippen LogP contribution in [0.4, 0.5) is 5.69 Å². The lowest BCUT2D eigenvalue weighted by Gasteiger charge is -2.23. The van der Waals surface area contributed by atoms with Crippen LogP contribution in [0.5, 0.6) is 0 Å². The molecule has 1 aliphatic heterocycles. The Morgan fingerprint density at radius 3 is 2.88 bits per heavy atom. The summed E-state index contributed by atoms with van der Waals surface area (Å²) in [6, 6.07) is 4.17. The van der Waals surface area contributed by atoms with E-state index in [-0.39, 0.29) is 35.6 Å². The monoisotopic (exact) mass is 384 g/mol. The van der Waals surface area contributed by atoms with E-state index in [9.17, 15) is 19.7 Å². The number of likely N-dealkylation sites (tertiary alicyclic amines) is 1. The molecule has 2 aromatic rings. The van der Waals surface area contributed by atoms with Crippen LogP contribution < -0.4 is 11.5 Å². The second kappa shape index (κ2) is 8.33. The van der Waals surface area contributed by atoms with Gasteiger partial charge >= 0.3 is 5.76 Å². The number of oxazole rings is 1. The van der Waals surface area contributed by atoms with E-state index in [4.69, 9.17) is 10.2 Å². The van der Waals surface area contributed by atoms with Crippen LogP contribution >= 0.6 is 12.4 Å². The summed E-state index contributed by atoms with van der Waals surface area (Å²) in [4.78, 5) is 36.3. The number of rotatable bonds is 6. The van der Waals surface area contributed by atoms with Crippen LogP contribution in [0.3, 0.4) is 0 Å². The minimum atomic E-state index is -0.580. The number of carbonyl (C=O) groups excluding carboxylic acids is 1. The Morgan fingerprint density at radius 1 is 1.42 bits per heavy atom. The number of benzene rings is 1. The Bertz CT molecular complexity index is 862. The first-order chi connectivity index (χ1) is 12.0. The number of nitrogens with zero attached hydrogens (tertiary/aromatic N) is 3.